The molecule has 1 N–H and O–H groups in total. The fraction of sp³-hybridized carbons (Fsp3) is 0.261. The number of benzene rings is 2. The van der Waals surface area contributed by atoms with Crippen LogP contribution in [0.25, 0.3) is 5.69 Å². The number of carboxylic acid groups (broad SMARTS) is 1. The minimum absolute atomic E-state index is 0.209. The van der Waals surface area contributed by atoms with E-state index < -0.39 is 35.6 Å². The first-order valence-electron chi connectivity index (χ1n) is 10.5. The van der Waals surface area contributed by atoms with Gasteiger partial charge in [0, 0.05) is 5.02 Å². The Hall–Kier alpha value is -3.56. The molecule has 2 bridgehead atoms. The second kappa shape index (κ2) is 7.23. The maximum absolute atomic E-state index is 13.7. The van der Waals surface area contributed by atoms with Gasteiger partial charge < -0.3 is 14.7 Å². The topological polar surface area (TPSA) is 110 Å². The smallest absolute Gasteiger partial charge is 0.310 e. The van der Waals surface area contributed by atoms with Crippen LogP contribution in [0.4, 0.5) is 0 Å². The minimum Gasteiger partial charge on any atom is -0.481 e. The van der Waals surface area contributed by atoms with Crippen LogP contribution in [0.1, 0.15) is 17.4 Å². The van der Waals surface area contributed by atoms with Crippen LogP contribution in [0.2, 0.25) is 5.02 Å². The number of aromatic nitrogens is 4. The molecule has 0 radical (unpaired) electrons. The zero-order chi connectivity index (χ0) is 22.7. The van der Waals surface area contributed by atoms with Gasteiger partial charge in [-0.2, -0.15) is 4.68 Å². The van der Waals surface area contributed by atoms with Crippen molar-refractivity contribution >= 4 is 23.5 Å². The number of tetrazole rings is 1. The van der Waals surface area contributed by atoms with E-state index in [-0.39, 0.29) is 12.5 Å². The second-order valence-electron chi connectivity index (χ2n) is 8.44. The Morgan fingerprint density at radius 3 is 2.67 bits per heavy atom. The standard InChI is InChI=1S/C23H18ClN5O4/c24-14-6-8-15(9-7-14)29-20(25-26-27-29)19(13-4-2-1-3-5-13)28-12-23-11-10-16(33-23)17(22(31)32)18(23)21(28)30/h1-11,16-19H,12H2,(H,31,32)/t16-,17+,18+,19-,23-/m1/s1. The minimum atomic E-state index is -1.03. The molecule has 10 heteroatoms. The Kier molecular flexibility index (Phi) is 4.40. The summed E-state index contributed by atoms with van der Waals surface area (Å²) in [6.45, 7) is 0.209. The molecule has 2 aromatic carbocycles. The maximum atomic E-state index is 13.7. The summed E-state index contributed by atoms with van der Waals surface area (Å²) in [7, 11) is 0. The van der Waals surface area contributed by atoms with Crippen LogP contribution in [0.5, 0.6) is 0 Å². The Balaban J connectivity index is 1.47. The van der Waals surface area contributed by atoms with E-state index in [0.717, 1.165) is 5.56 Å². The molecule has 9 nitrogen and oxygen atoms in total. The molecule has 2 fully saturated rings. The molecule has 3 aliphatic rings. The third-order valence-corrected chi connectivity index (χ3v) is 6.90. The van der Waals surface area contributed by atoms with Gasteiger partial charge in [0.1, 0.15) is 17.6 Å². The number of likely N-dealkylation sites (tertiary alicyclic amines) is 1. The molecule has 1 aromatic heterocycles. The highest BCUT2D eigenvalue weighted by molar-refractivity contribution is 6.30. The van der Waals surface area contributed by atoms with Crippen molar-refractivity contribution in [1.82, 2.24) is 25.1 Å². The third kappa shape index (κ3) is 2.93. The first-order chi connectivity index (χ1) is 16.0. The lowest BCUT2D eigenvalue weighted by Crippen LogP contribution is -2.39. The number of halogens is 1. The van der Waals surface area contributed by atoms with E-state index in [9.17, 15) is 14.7 Å². The molecule has 4 heterocycles. The van der Waals surface area contributed by atoms with Gasteiger partial charge in [0.05, 0.1) is 24.3 Å². The van der Waals surface area contributed by atoms with E-state index in [0.29, 0.717) is 16.5 Å². The molecule has 2 saturated heterocycles. The van der Waals surface area contributed by atoms with Crippen molar-refractivity contribution < 1.29 is 19.4 Å². The van der Waals surface area contributed by atoms with Crippen molar-refractivity contribution in [3.63, 3.8) is 0 Å². The lowest BCUT2D eigenvalue weighted by molar-refractivity contribution is -0.148. The maximum Gasteiger partial charge on any atom is 0.310 e. The number of aliphatic carboxylic acids is 1. The molecule has 0 saturated carbocycles. The van der Waals surface area contributed by atoms with Crippen LogP contribution < -0.4 is 0 Å². The van der Waals surface area contributed by atoms with E-state index in [1.807, 2.05) is 36.4 Å². The summed E-state index contributed by atoms with van der Waals surface area (Å²) in [4.78, 5) is 27.4. The number of nitrogens with zero attached hydrogens (tertiary/aromatic N) is 5. The SMILES string of the molecule is O=C(O)[C@@H]1[C@H]2C(=O)N([C@H](c3ccccc3)c3nnnn3-c3ccc(Cl)cc3)C[C@]23C=C[C@H]1O3. The van der Waals surface area contributed by atoms with Crippen molar-refractivity contribution in [2.75, 3.05) is 6.54 Å². The molecule has 1 amide bonds. The predicted octanol–water partition coefficient (Wildman–Crippen LogP) is 2.27. The number of rotatable bonds is 5. The number of amides is 1. The summed E-state index contributed by atoms with van der Waals surface area (Å²) >= 11 is 6.04. The average Bonchev–Trinajstić information content (AvgIpc) is 3.57. The van der Waals surface area contributed by atoms with E-state index in [1.165, 1.54) is 0 Å². The van der Waals surface area contributed by atoms with Gasteiger partial charge in [-0.25, -0.2) is 0 Å². The number of fused-ring (bicyclic) bond motifs is 1. The summed E-state index contributed by atoms with van der Waals surface area (Å²) in [6, 6.07) is 15.8. The number of carbonyl (C=O) groups is 2. The summed E-state index contributed by atoms with van der Waals surface area (Å²) in [6.07, 6.45) is 3.00. The Labute approximate surface area is 193 Å². The largest absolute Gasteiger partial charge is 0.481 e. The van der Waals surface area contributed by atoms with Crippen LogP contribution in [0.3, 0.4) is 0 Å². The zero-order valence-electron chi connectivity index (χ0n) is 17.2. The quantitative estimate of drug-likeness (QED) is 0.578. The van der Waals surface area contributed by atoms with Crippen LogP contribution in [-0.4, -0.2) is 60.3 Å². The van der Waals surface area contributed by atoms with Crippen LogP contribution in [0, 0.1) is 11.8 Å². The first-order valence-corrected chi connectivity index (χ1v) is 10.9. The van der Waals surface area contributed by atoms with Gasteiger partial charge >= 0.3 is 5.97 Å². The van der Waals surface area contributed by atoms with Gasteiger partial charge in [0.25, 0.3) is 0 Å². The van der Waals surface area contributed by atoms with Gasteiger partial charge in [-0.3, -0.25) is 9.59 Å². The van der Waals surface area contributed by atoms with Crippen LogP contribution in [-0.2, 0) is 14.3 Å². The Bertz CT molecular complexity index is 1280. The van der Waals surface area contributed by atoms with Crippen molar-refractivity contribution in [1.29, 1.82) is 0 Å². The van der Waals surface area contributed by atoms with Crippen molar-refractivity contribution in [3.8, 4) is 5.69 Å². The molecule has 6 rings (SSSR count). The summed E-state index contributed by atoms with van der Waals surface area (Å²) in [5.74, 6) is -2.60. The predicted molar refractivity (Wildman–Crippen MR) is 116 cm³/mol. The zero-order valence-corrected chi connectivity index (χ0v) is 17.9. The van der Waals surface area contributed by atoms with E-state index in [4.69, 9.17) is 16.3 Å². The molecule has 3 aliphatic heterocycles. The summed E-state index contributed by atoms with van der Waals surface area (Å²) in [5, 5.41) is 22.7. The molecule has 33 heavy (non-hydrogen) atoms. The molecule has 3 aromatic rings. The molecule has 0 aliphatic carbocycles. The Morgan fingerprint density at radius 2 is 1.94 bits per heavy atom. The second-order valence-corrected chi connectivity index (χ2v) is 8.88. The lowest BCUT2D eigenvalue weighted by atomic mass is 9.77. The Morgan fingerprint density at radius 1 is 1.18 bits per heavy atom. The molecule has 1 spiro atoms. The molecule has 0 unspecified atom stereocenters. The van der Waals surface area contributed by atoms with Gasteiger partial charge in [-0.15, -0.1) is 5.10 Å². The fourth-order valence-corrected chi connectivity index (χ4v) is 5.39. The van der Waals surface area contributed by atoms with E-state index in [2.05, 4.69) is 15.5 Å². The van der Waals surface area contributed by atoms with Gasteiger partial charge in [0.15, 0.2) is 5.82 Å². The summed E-state index contributed by atoms with van der Waals surface area (Å²) < 4.78 is 7.63. The number of ether oxygens (including phenoxy) is 1. The first kappa shape index (κ1) is 20.1. The average molecular weight is 464 g/mol. The fourth-order valence-electron chi connectivity index (χ4n) is 5.26. The molecular weight excluding hydrogens is 446 g/mol. The van der Waals surface area contributed by atoms with Gasteiger partial charge in [-0.05, 0) is 40.3 Å². The third-order valence-electron chi connectivity index (χ3n) is 6.65. The van der Waals surface area contributed by atoms with E-state index >= 15 is 0 Å². The highest BCUT2D eigenvalue weighted by Gasteiger charge is 2.68. The van der Waals surface area contributed by atoms with E-state index in [1.54, 1.807) is 39.9 Å². The van der Waals surface area contributed by atoms with Crippen LogP contribution >= 0.6 is 11.6 Å². The summed E-state index contributed by atoms with van der Waals surface area (Å²) in [5.41, 5.74) is 0.527. The monoisotopic (exact) mass is 463 g/mol. The molecule has 5 atom stereocenters. The highest BCUT2D eigenvalue weighted by atomic mass is 35.5. The molecular formula is C23H18ClN5O4. The lowest BCUT2D eigenvalue weighted by Gasteiger charge is -2.29. The van der Waals surface area contributed by atoms with Crippen molar-refractivity contribution in [2.24, 2.45) is 11.8 Å². The van der Waals surface area contributed by atoms with Crippen molar-refractivity contribution in [2.45, 2.75) is 17.7 Å². The molecule has 166 valence electrons. The normalized spacial score (nSPS) is 28.3. The van der Waals surface area contributed by atoms with Gasteiger partial charge in [-0.1, -0.05) is 54.1 Å². The highest BCUT2D eigenvalue weighted by Crippen LogP contribution is 2.53. The number of carbonyl (C=O) groups excluding carboxylic acids is 1. The van der Waals surface area contributed by atoms with Crippen LogP contribution in [0.15, 0.2) is 66.7 Å². The number of hydrogen-bond donors (Lipinski definition) is 1. The van der Waals surface area contributed by atoms with Crippen molar-refractivity contribution in [3.05, 3.63) is 83.2 Å². The number of carboxylic acids is 1. The number of hydrogen-bond acceptors (Lipinski definition) is 6. The van der Waals surface area contributed by atoms with Gasteiger partial charge in [0.2, 0.25) is 5.91 Å².